The highest BCUT2D eigenvalue weighted by Gasteiger charge is 2.32. The molecule has 0 radical (unpaired) electrons. The molecule has 1 saturated carbocycles. The van der Waals surface area contributed by atoms with Crippen molar-refractivity contribution < 1.29 is 5.11 Å². The van der Waals surface area contributed by atoms with Crippen molar-refractivity contribution in [1.82, 2.24) is 4.90 Å². The molecule has 0 spiro atoms. The minimum atomic E-state index is 0.287. The minimum absolute atomic E-state index is 0.287. The molecule has 0 aromatic heterocycles. The van der Waals surface area contributed by atoms with Crippen molar-refractivity contribution in [3.63, 3.8) is 0 Å². The second kappa shape index (κ2) is 13.8. The van der Waals surface area contributed by atoms with Crippen LogP contribution in [0.2, 0.25) is 0 Å². The molecule has 3 aliphatic carbocycles. The normalized spacial score (nSPS) is 25.4. The molecule has 198 valence electrons. The quantitative estimate of drug-likeness (QED) is 0.240. The summed E-state index contributed by atoms with van der Waals surface area (Å²) in [7, 11) is 0. The third-order valence-electron chi connectivity index (χ3n) is 8.44. The molecule has 2 atom stereocenters. The van der Waals surface area contributed by atoms with E-state index in [2.05, 4.69) is 73.1 Å². The summed E-state index contributed by atoms with van der Waals surface area (Å²) in [6, 6.07) is 0.868. The lowest BCUT2D eigenvalue weighted by atomic mass is 9.81. The van der Waals surface area contributed by atoms with Crippen LogP contribution in [0.1, 0.15) is 71.6 Å². The van der Waals surface area contributed by atoms with Gasteiger partial charge in [-0.15, -0.1) is 0 Å². The predicted octanol–water partition coefficient (Wildman–Crippen LogP) is 9.11. The highest BCUT2D eigenvalue weighted by Crippen LogP contribution is 2.37. The molecular formula is C35H47NO. The topological polar surface area (TPSA) is 23.5 Å². The van der Waals surface area contributed by atoms with Gasteiger partial charge in [-0.1, -0.05) is 80.7 Å². The number of nitrogens with zero attached hydrogens (tertiary/aromatic N) is 1. The van der Waals surface area contributed by atoms with Gasteiger partial charge in [0.05, 0.1) is 0 Å². The molecule has 4 aliphatic rings. The van der Waals surface area contributed by atoms with E-state index in [1.165, 1.54) is 61.9 Å². The second-order valence-corrected chi connectivity index (χ2v) is 11.1. The van der Waals surface area contributed by atoms with Gasteiger partial charge in [0.2, 0.25) is 0 Å². The van der Waals surface area contributed by atoms with Gasteiger partial charge in [0.1, 0.15) is 5.76 Å². The Balaban J connectivity index is 1.69. The van der Waals surface area contributed by atoms with Gasteiger partial charge in [0.15, 0.2) is 0 Å². The summed E-state index contributed by atoms with van der Waals surface area (Å²) in [5.41, 5.74) is 4.95. The van der Waals surface area contributed by atoms with Gasteiger partial charge < -0.3 is 10.0 Å². The van der Waals surface area contributed by atoms with Crippen molar-refractivity contribution in [3.8, 4) is 0 Å². The van der Waals surface area contributed by atoms with E-state index >= 15 is 0 Å². The Labute approximate surface area is 225 Å². The van der Waals surface area contributed by atoms with E-state index in [0.717, 1.165) is 37.3 Å². The lowest BCUT2D eigenvalue weighted by Gasteiger charge is -2.32. The lowest BCUT2D eigenvalue weighted by Crippen LogP contribution is -2.35. The molecule has 0 amide bonds. The molecule has 2 unspecified atom stereocenters. The number of aliphatic hydroxyl groups excluding tert-OH is 1. The first kappa shape index (κ1) is 27.5. The van der Waals surface area contributed by atoms with E-state index in [-0.39, 0.29) is 5.76 Å². The maximum Gasteiger partial charge on any atom is 0.111 e. The molecule has 4 rings (SSSR count). The molecule has 0 aromatic rings. The standard InChI is InChI=1S/C35H47NO/c1-4-13-30(28-14-9-7-8-10-15-28)26-35(27(5-2)25-34(37)6-3)32-17-12-11-16-31(24-32)29-20-22-36(23-21-29)33-18-19-33/h5-9,11,14,16-17,24-26,28-30,33,37H,2,4,10,12-13,15,18-23H2,1,3H3/b27-25+,34-6+,35-26?. The molecule has 2 heteroatoms. The molecule has 1 saturated heterocycles. The van der Waals surface area contributed by atoms with Crippen LogP contribution in [0.25, 0.3) is 0 Å². The number of aliphatic hydroxyl groups is 1. The zero-order valence-electron chi connectivity index (χ0n) is 23.1. The number of likely N-dealkylation sites (tertiary alicyclic amines) is 1. The Bertz CT molecular complexity index is 1030. The number of hydrogen-bond acceptors (Lipinski definition) is 2. The summed E-state index contributed by atoms with van der Waals surface area (Å²) < 4.78 is 0. The highest BCUT2D eigenvalue weighted by molar-refractivity contribution is 5.59. The fourth-order valence-electron chi connectivity index (χ4n) is 6.11. The monoisotopic (exact) mass is 497 g/mol. The molecule has 1 aliphatic heterocycles. The number of hydrogen-bond donors (Lipinski definition) is 1. The van der Waals surface area contributed by atoms with Crippen LogP contribution in [0.15, 0.2) is 108 Å². The van der Waals surface area contributed by atoms with E-state index in [1.807, 2.05) is 19.1 Å². The number of piperidine rings is 1. The molecule has 0 aromatic carbocycles. The van der Waals surface area contributed by atoms with Crippen molar-refractivity contribution in [3.05, 3.63) is 108 Å². The van der Waals surface area contributed by atoms with E-state index in [4.69, 9.17) is 0 Å². The van der Waals surface area contributed by atoms with Crippen LogP contribution in [0.4, 0.5) is 0 Å². The predicted molar refractivity (Wildman–Crippen MR) is 159 cm³/mol. The van der Waals surface area contributed by atoms with E-state index in [1.54, 1.807) is 6.08 Å². The average Bonchev–Trinajstić information content (AvgIpc) is 3.79. The van der Waals surface area contributed by atoms with E-state index in [0.29, 0.717) is 17.8 Å². The molecule has 2 nitrogen and oxygen atoms in total. The summed E-state index contributed by atoms with van der Waals surface area (Å²) in [6.07, 6.45) is 37.5. The highest BCUT2D eigenvalue weighted by atomic mass is 16.3. The zero-order valence-corrected chi connectivity index (χ0v) is 23.1. The van der Waals surface area contributed by atoms with Crippen LogP contribution in [0.3, 0.4) is 0 Å². The van der Waals surface area contributed by atoms with Crippen molar-refractivity contribution in [1.29, 1.82) is 0 Å². The Morgan fingerprint density at radius 3 is 2.65 bits per heavy atom. The lowest BCUT2D eigenvalue weighted by molar-refractivity contribution is 0.191. The van der Waals surface area contributed by atoms with Crippen molar-refractivity contribution >= 4 is 0 Å². The molecule has 37 heavy (non-hydrogen) atoms. The summed E-state index contributed by atoms with van der Waals surface area (Å²) in [5, 5.41) is 10.5. The third kappa shape index (κ3) is 7.71. The maximum absolute atomic E-state index is 10.5. The van der Waals surface area contributed by atoms with Crippen LogP contribution in [-0.2, 0) is 0 Å². The molecule has 0 bridgehead atoms. The van der Waals surface area contributed by atoms with Gasteiger partial charge in [-0.2, -0.15) is 0 Å². The van der Waals surface area contributed by atoms with Gasteiger partial charge in [-0.05, 0) is 124 Å². The smallest absolute Gasteiger partial charge is 0.111 e. The van der Waals surface area contributed by atoms with Crippen LogP contribution < -0.4 is 0 Å². The van der Waals surface area contributed by atoms with Crippen LogP contribution in [-0.4, -0.2) is 29.1 Å². The van der Waals surface area contributed by atoms with Crippen LogP contribution in [0.5, 0.6) is 0 Å². The molecule has 2 fully saturated rings. The maximum atomic E-state index is 10.5. The molecule has 1 N–H and O–H groups in total. The zero-order chi connectivity index (χ0) is 26.0. The average molecular weight is 498 g/mol. The first-order valence-electron chi connectivity index (χ1n) is 14.7. The Hall–Kier alpha value is -2.58. The Morgan fingerprint density at radius 1 is 1.14 bits per heavy atom. The van der Waals surface area contributed by atoms with Gasteiger partial charge in [0, 0.05) is 6.04 Å². The Morgan fingerprint density at radius 2 is 1.95 bits per heavy atom. The van der Waals surface area contributed by atoms with Gasteiger partial charge in [0.25, 0.3) is 0 Å². The molecular weight excluding hydrogens is 450 g/mol. The van der Waals surface area contributed by atoms with Gasteiger partial charge in [-0.3, -0.25) is 0 Å². The fourth-order valence-corrected chi connectivity index (χ4v) is 6.11. The van der Waals surface area contributed by atoms with Gasteiger partial charge >= 0.3 is 0 Å². The number of rotatable bonds is 10. The summed E-state index contributed by atoms with van der Waals surface area (Å²) >= 11 is 0. The Kier molecular flexibility index (Phi) is 10.3. The summed E-state index contributed by atoms with van der Waals surface area (Å²) in [6.45, 7) is 10.8. The van der Waals surface area contributed by atoms with Gasteiger partial charge in [-0.25, -0.2) is 0 Å². The first-order chi connectivity index (χ1) is 18.1. The first-order valence-corrected chi connectivity index (χ1v) is 14.7. The minimum Gasteiger partial charge on any atom is -0.508 e. The van der Waals surface area contributed by atoms with Crippen LogP contribution >= 0.6 is 0 Å². The largest absolute Gasteiger partial charge is 0.508 e. The third-order valence-corrected chi connectivity index (χ3v) is 8.44. The molecule has 1 heterocycles. The fraction of sp³-hybridized carbons (Fsp3) is 0.486. The van der Waals surface area contributed by atoms with E-state index in [9.17, 15) is 5.11 Å². The van der Waals surface area contributed by atoms with Crippen LogP contribution in [0, 0.1) is 17.8 Å². The SMILES string of the molecule is C=C/C(=C\C(O)=C/C)C(=CC(CCC)C1C=CC=CCC1)C1=CCC=CC(C2CCN(C3CC3)CC2)=C1. The second-order valence-electron chi connectivity index (χ2n) is 11.1. The van der Waals surface area contributed by atoms with Crippen molar-refractivity contribution in [2.24, 2.45) is 17.8 Å². The van der Waals surface area contributed by atoms with Crippen molar-refractivity contribution in [2.75, 3.05) is 13.1 Å². The summed E-state index contributed by atoms with van der Waals surface area (Å²) in [5.74, 6) is 1.88. The van der Waals surface area contributed by atoms with Crippen molar-refractivity contribution in [2.45, 2.75) is 77.7 Å². The number of allylic oxidation sites excluding steroid dienone is 16. The van der Waals surface area contributed by atoms with E-state index < -0.39 is 0 Å². The summed E-state index contributed by atoms with van der Waals surface area (Å²) in [4.78, 5) is 2.71.